The van der Waals surface area contributed by atoms with Crippen molar-refractivity contribution in [2.24, 2.45) is 0 Å². The van der Waals surface area contributed by atoms with Crippen molar-refractivity contribution in [2.75, 3.05) is 6.54 Å². The number of hydrogen-bond donors (Lipinski definition) is 2. The number of amides is 1. The molecule has 0 radical (unpaired) electrons. The van der Waals surface area contributed by atoms with Gasteiger partial charge in [-0.3, -0.25) is 4.79 Å². The highest BCUT2D eigenvalue weighted by Crippen LogP contribution is 2.26. The maximum absolute atomic E-state index is 11.9. The molecule has 0 aromatic heterocycles. The molecule has 1 rings (SSSR count). The molecule has 5 heteroatoms. The topological polar surface area (TPSA) is 75.6 Å². The Labute approximate surface area is 125 Å². The first-order valence-corrected chi connectivity index (χ1v) is 7.15. The molecular formula is C16H23NO4. The van der Waals surface area contributed by atoms with E-state index < -0.39 is 12.1 Å². The molecule has 0 bridgehead atoms. The Kier molecular flexibility index (Phi) is 6.21. The number of hydrogen-bond acceptors (Lipinski definition) is 3. The summed E-state index contributed by atoms with van der Waals surface area (Å²) >= 11 is 0. The molecule has 21 heavy (non-hydrogen) atoms. The van der Waals surface area contributed by atoms with E-state index in [1.54, 1.807) is 32.9 Å². The summed E-state index contributed by atoms with van der Waals surface area (Å²) in [5.74, 6) is -0.569. The third-order valence-electron chi connectivity index (χ3n) is 3.20. The first kappa shape index (κ1) is 17.0. The molecule has 1 aromatic carbocycles. The summed E-state index contributed by atoms with van der Waals surface area (Å²) < 4.78 is 5.70. The summed E-state index contributed by atoms with van der Waals surface area (Å²) in [6.07, 6.45) is 1.34. The molecule has 0 aliphatic rings. The number of carboxylic acid groups (broad SMARTS) is 1. The summed E-state index contributed by atoms with van der Waals surface area (Å²) in [5, 5.41) is 11.8. The fourth-order valence-corrected chi connectivity index (χ4v) is 2.02. The van der Waals surface area contributed by atoms with Crippen LogP contribution in [-0.2, 0) is 4.79 Å². The zero-order chi connectivity index (χ0) is 16.0. The van der Waals surface area contributed by atoms with Crippen LogP contribution in [0.5, 0.6) is 5.75 Å². The van der Waals surface area contributed by atoms with Crippen molar-refractivity contribution in [3.8, 4) is 5.75 Å². The van der Waals surface area contributed by atoms with Crippen LogP contribution in [0.25, 0.3) is 0 Å². The Bertz CT molecular complexity index is 502. The predicted molar refractivity (Wildman–Crippen MR) is 80.9 cm³/mol. The van der Waals surface area contributed by atoms with Crippen molar-refractivity contribution in [1.29, 1.82) is 0 Å². The second-order valence-electron chi connectivity index (χ2n) is 5.15. The molecule has 2 N–H and O–H groups in total. The number of aryl methyl sites for hydroxylation is 2. The van der Waals surface area contributed by atoms with E-state index in [1.807, 2.05) is 0 Å². The van der Waals surface area contributed by atoms with Gasteiger partial charge in [0.1, 0.15) is 5.75 Å². The van der Waals surface area contributed by atoms with Crippen LogP contribution in [0, 0.1) is 13.8 Å². The first-order valence-electron chi connectivity index (χ1n) is 7.15. The van der Waals surface area contributed by atoms with Gasteiger partial charge in [-0.25, -0.2) is 4.79 Å². The number of carbonyl (C=O) groups is 2. The quantitative estimate of drug-likeness (QED) is 0.758. The van der Waals surface area contributed by atoms with Gasteiger partial charge in [-0.15, -0.1) is 0 Å². The number of carboxylic acids is 1. The van der Waals surface area contributed by atoms with Gasteiger partial charge in [-0.05, 0) is 50.5 Å². The van der Waals surface area contributed by atoms with Gasteiger partial charge in [-0.1, -0.05) is 13.3 Å². The Morgan fingerprint density at radius 1 is 1.29 bits per heavy atom. The monoisotopic (exact) mass is 293 g/mol. The second kappa shape index (κ2) is 7.67. The summed E-state index contributed by atoms with van der Waals surface area (Å²) in [6, 6.07) is 3.10. The Morgan fingerprint density at radius 3 is 2.33 bits per heavy atom. The zero-order valence-electron chi connectivity index (χ0n) is 13.0. The van der Waals surface area contributed by atoms with Crippen molar-refractivity contribution in [1.82, 2.24) is 5.32 Å². The summed E-state index contributed by atoms with van der Waals surface area (Å²) in [4.78, 5) is 22.9. The zero-order valence-corrected chi connectivity index (χ0v) is 13.0. The lowest BCUT2D eigenvalue weighted by Crippen LogP contribution is -2.37. The van der Waals surface area contributed by atoms with Crippen LogP contribution in [0.15, 0.2) is 12.1 Å². The normalized spacial score (nSPS) is 11.8. The van der Waals surface area contributed by atoms with E-state index in [9.17, 15) is 9.59 Å². The average molecular weight is 293 g/mol. The molecular weight excluding hydrogens is 270 g/mol. The molecule has 0 heterocycles. The predicted octanol–water partition coefficient (Wildman–Crippen LogP) is 2.69. The molecule has 0 saturated heterocycles. The molecule has 1 amide bonds. The van der Waals surface area contributed by atoms with E-state index in [2.05, 4.69) is 12.2 Å². The highest BCUT2D eigenvalue weighted by molar-refractivity contribution is 5.88. The van der Waals surface area contributed by atoms with Crippen molar-refractivity contribution in [2.45, 2.75) is 46.6 Å². The van der Waals surface area contributed by atoms with Crippen molar-refractivity contribution in [3.05, 3.63) is 28.8 Å². The van der Waals surface area contributed by atoms with E-state index in [4.69, 9.17) is 9.84 Å². The van der Waals surface area contributed by atoms with E-state index in [1.165, 1.54) is 0 Å². The Morgan fingerprint density at radius 2 is 1.86 bits per heavy atom. The summed E-state index contributed by atoms with van der Waals surface area (Å²) in [6.45, 7) is 7.93. The van der Waals surface area contributed by atoms with Gasteiger partial charge >= 0.3 is 5.97 Å². The summed E-state index contributed by atoms with van der Waals surface area (Å²) in [7, 11) is 0. The number of nitrogens with one attached hydrogen (secondary N) is 1. The fraction of sp³-hybridized carbons (Fsp3) is 0.500. The molecule has 0 aliphatic heterocycles. The minimum absolute atomic E-state index is 0.162. The Balaban J connectivity index is 2.78. The Hall–Kier alpha value is -2.04. The molecule has 0 aliphatic carbocycles. The smallest absolute Gasteiger partial charge is 0.335 e. The van der Waals surface area contributed by atoms with Gasteiger partial charge in [0, 0.05) is 6.54 Å². The lowest BCUT2D eigenvalue weighted by molar-refractivity contribution is -0.127. The van der Waals surface area contributed by atoms with E-state index in [0.29, 0.717) is 23.4 Å². The number of carbonyl (C=O) groups excluding carboxylic acids is 1. The largest absolute Gasteiger partial charge is 0.480 e. The van der Waals surface area contributed by atoms with Gasteiger partial charge in [0.15, 0.2) is 6.10 Å². The molecule has 116 valence electrons. The van der Waals surface area contributed by atoms with E-state index in [-0.39, 0.29) is 11.5 Å². The van der Waals surface area contributed by atoms with Gasteiger partial charge in [0.25, 0.3) is 5.91 Å². The van der Waals surface area contributed by atoms with Crippen LogP contribution in [0.4, 0.5) is 0 Å². The van der Waals surface area contributed by atoms with Crippen LogP contribution in [-0.4, -0.2) is 29.6 Å². The highest BCUT2D eigenvalue weighted by Gasteiger charge is 2.17. The van der Waals surface area contributed by atoms with Crippen LogP contribution >= 0.6 is 0 Å². The van der Waals surface area contributed by atoms with Crippen LogP contribution in [0.2, 0.25) is 0 Å². The second-order valence-corrected chi connectivity index (χ2v) is 5.15. The molecule has 0 spiro atoms. The van der Waals surface area contributed by atoms with Crippen molar-refractivity contribution in [3.63, 3.8) is 0 Å². The van der Waals surface area contributed by atoms with Crippen molar-refractivity contribution >= 4 is 11.9 Å². The number of aromatic carboxylic acids is 1. The van der Waals surface area contributed by atoms with Gasteiger partial charge in [0.2, 0.25) is 0 Å². The fourth-order valence-electron chi connectivity index (χ4n) is 2.02. The third-order valence-corrected chi connectivity index (χ3v) is 3.20. The van der Waals surface area contributed by atoms with Gasteiger partial charge in [-0.2, -0.15) is 0 Å². The molecule has 1 aromatic rings. The van der Waals surface area contributed by atoms with Crippen LogP contribution < -0.4 is 10.1 Å². The third kappa shape index (κ3) is 4.77. The molecule has 0 saturated carbocycles. The average Bonchev–Trinajstić information content (AvgIpc) is 2.42. The maximum atomic E-state index is 11.9. The molecule has 1 atom stereocenters. The molecule has 5 nitrogen and oxygen atoms in total. The number of unbranched alkanes of at least 4 members (excludes halogenated alkanes) is 1. The minimum Gasteiger partial charge on any atom is -0.480 e. The number of rotatable bonds is 7. The highest BCUT2D eigenvalue weighted by atomic mass is 16.5. The number of ether oxygens (including phenoxy) is 1. The van der Waals surface area contributed by atoms with Crippen LogP contribution in [0.1, 0.15) is 48.2 Å². The van der Waals surface area contributed by atoms with Crippen LogP contribution in [0.3, 0.4) is 0 Å². The maximum Gasteiger partial charge on any atom is 0.335 e. The lowest BCUT2D eigenvalue weighted by Gasteiger charge is -2.18. The van der Waals surface area contributed by atoms with E-state index >= 15 is 0 Å². The van der Waals surface area contributed by atoms with E-state index in [0.717, 1.165) is 12.8 Å². The molecule has 1 unspecified atom stereocenters. The lowest BCUT2D eigenvalue weighted by atomic mass is 10.1. The SMILES string of the molecule is CCCCNC(=O)C(C)Oc1c(C)cc(C(=O)O)cc1C. The number of benzene rings is 1. The first-order chi connectivity index (χ1) is 9.86. The van der Waals surface area contributed by atoms with Gasteiger partial charge in [0.05, 0.1) is 5.56 Å². The van der Waals surface area contributed by atoms with Gasteiger partial charge < -0.3 is 15.2 Å². The van der Waals surface area contributed by atoms with Crippen molar-refractivity contribution < 1.29 is 19.4 Å². The minimum atomic E-state index is -0.974. The molecule has 0 fully saturated rings. The summed E-state index contributed by atoms with van der Waals surface area (Å²) in [5.41, 5.74) is 1.64. The standard InChI is InChI=1S/C16H23NO4/c1-5-6-7-17-15(18)12(4)21-14-10(2)8-13(16(19)20)9-11(14)3/h8-9,12H,5-7H2,1-4H3,(H,17,18)(H,19,20).